The van der Waals surface area contributed by atoms with E-state index in [0.717, 1.165) is 37.4 Å². The normalized spacial score (nSPS) is 19.1. The topological polar surface area (TPSA) is 63.9 Å². The van der Waals surface area contributed by atoms with Gasteiger partial charge in [-0.1, -0.05) is 0 Å². The van der Waals surface area contributed by atoms with Gasteiger partial charge in [0.25, 0.3) is 0 Å². The van der Waals surface area contributed by atoms with Gasteiger partial charge in [-0.3, -0.25) is 14.3 Å². The molecular weight excluding hydrogens is 254 g/mol. The Kier molecular flexibility index (Phi) is 3.45. The Bertz CT molecular complexity index is 595. The first-order valence-electron chi connectivity index (χ1n) is 6.80. The highest BCUT2D eigenvalue weighted by atomic mass is 16.2. The van der Waals surface area contributed by atoms with Gasteiger partial charge in [0, 0.05) is 50.7 Å². The maximum Gasteiger partial charge on any atom is 0.219 e. The number of rotatable bonds is 2. The van der Waals surface area contributed by atoms with Crippen molar-refractivity contribution < 1.29 is 4.79 Å². The van der Waals surface area contributed by atoms with Gasteiger partial charge in [0.1, 0.15) is 6.33 Å². The number of likely N-dealkylation sites (tertiary alicyclic amines) is 1. The molecule has 0 spiro atoms. The molecule has 0 N–H and O–H groups in total. The third-order valence-electron chi connectivity index (χ3n) is 3.71. The first kappa shape index (κ1) is 12.8. The van der Waals surface area contributed by atoms with Crippen molar-refractivity contribution in [2.24, 2.45) is 0 Å². The first-order chi connectivity index (χ1) is 9.75. The zero-order valence-corrected chi connectivity index (χ0v) is 11.4. The summed E-state index contributed by atoms with van der Waals surface area (Å²) in [6, 6.07) is 0. The van der Waals surface area contributed by atoms with E-state index in [2.05, 4.69) is 15.0 Å². The second-order valence-electron chi connectivity index (χ2n) is 5.04. The van der Waals surface area contributed by atoms with Crippen LogP contribution in [0.5, 0.6) is 0 Å². The lowest BCUT2D eigenvalue weighted by atomic mass is 9.94. The summed E-state index contributed by atoms with van der Waals surface area (Å²) in [7, 11) is 0. The Hall–Kier alpha value is -2.24. The lowest BCUT2D eigenvalue weighted by Crippen LogP contribution is -2.38. The number of hydrogen-bond donors (Lipinski definition) is 0. The second-order valence-corrected chi connectivity index (χ2v) is 5.04. The van der Waals surface area contributed by atoms with Crippen LogP contribution in [-0.2, 0) is 4.79 Å². The van der Waals surface area contributed by atoms with Crippen LogP contribution in [0.2, 0.25) is 0 Å². The van der Waals surface area contributed by atoms with Crippen molar-refractivity contribution in [3.63, 3.8) is 0 Å². The van der Waals surface area contributed by atoms with Gasteiger partial charge in [0.2, 0.25) is 5.91 Å². The van der Waals surface area contributed by atoms with Crippen LogP contribution in [0.1, 0.15) is 31.4 Å². The monoisotopic (exact) mass is 271 g/mol. The molecule has 0 radical (unpaired) electrons. The highest BCUT2D eigenvalue weighted by Crippen LogP contribution is 2.28. The van der Waals surface area contributed by atoms with Crippen molar-refractivity contribution >= 4 is 5.91 Å². The highest BCUT2D eigenvalue weighted by molar-refractivity contribution is 5.73. The Balaban J connectivity index is 1.92. The molecule has 6 heteroatoms. The number of nitrogens with zero attached hydrogens (tertiary/aromatic N) is 5. The molecule has 1 amide bonds. The van der Waals surface area contributed by atoms with Gasteiger partial charge in [0.15, 0.2) is 5.82 Å². The van der Waals surface area contributed by atoms with Crippen LogP contribution in [0.4, 0.5) is 0 Å². The summed E-state index contributed by atoms with van der Waals surface area (Å²) in [5.41, 5.74) is 0.941. The molecule has 0 bridgehead atoms. The van der Waals surface area contributed by atoms with E-state index in [9.17, 15) is 4.79 Å². The molecule has 3 rings (SSSR count). The summed E-state index contributed by atoms with van der Waals surface area (Å²) < 4.78 is 1.87. The Morgan fingerprint density at radius 2 is 2.15 bits per heavy atom. The molecule has 1 atom stereocenters. The molecule has 1 fully saturated rings. The molecule has 0 aromatic carbocycles. The number of carbonyl (C=O) groups is 1. The van der Waals surface area contributed by atoms with Crippen molar-refractivity contribution in [3.05, 3.63) is 36.8 Å². The minimum absolute atomic E-state index is 0.128. The van der Waals surface area contributed by atoms with Crippen LogP contribution in [-0.4, -0.2) is 43.4 Å². The number of piperidine rings is 1. The van der Waals surface area contributed by atoms with Gasteiger partial charge in [-0.2, -0.15) is 0 Å². The molecule has 104 valence electrons. The van der Waals surface area contributed by atoms with E-state index in [1.807, 2.05) is 15.7 Å². The summed E-state index contributed by atoms with van der Waals surface area (Å²) in [4.78, 5) is 26.4. The predicted octanol–water partition coefficient (Wildman–Crippen LogP) is 1.39. The molecule has 2 aromatic heterocycles. The molecule has 0 unspecified atom stereocenters. The van der Waals surface area contributed by atoms with E-state index in [4.69, 9.17) is 0 Å². The molecule has 0 saturated carbocycles. The SMILES string of the molecule is CC(=O)N1CCC[C@H](c2nccnc2-n2ccnc2)C1. The molecular formula is C14H17N5O. The minimum atomic E-state index is 0.128. The standard InChI is InChI=1S/C14H17N5O/c1-11(20)18-7-2-3-12(9-18)13-14(17-5-4-16-13)19-8-6-15-10-19/h4-6,8,10,12H,2-3,7,9H2,1H3/t12-/m0/s1. The van der Waals surface area contributed by atoms with E-state index in [0.29, 0.717) is 0 Å². The summed E-state index contributed by atoms with van der Waals surface area (Å²) >= 11 is 0. The van der Waals surface area contributed by atoms with Crippen LogP contribution in [0.15, 0.2) is 31.1 Å². The molecule has 1 aliphatic heterocycles. The number of amides is 1. The molecule has 6 nitrogen and oxygen atoms in total. The van der Waals surface area contributed by atoms with Crippen molar-refractivity contribution in [3.8, 4) is 5.82 Å². The lowest BCUT2D eigenvalue weighted by molar-refractivity contribution is -0.130. The van der Waals surface area contributed by atoms with Gasteiger partial charge in [-0.05, 0) is 12.8 Å². The van der Waals surface area contributed by atoms with Gasteiger partial charge in [-0.25, -0.2) is 9.97 Å². The van der Waals surface area contributed by atoms with Crippen LogP contribution >= 0.6 is 0 Å². The predicted molar refractivity (Wildman–Crippen MR) is 73.4 cm³/mol. The highest BCUT2D eigenvalue weighted by Gasteiger charge is 2.26. The molecule has 2 aromatic rings. The van der Waals surface area contributed by atoms with E-state index in [1.165, 1.54) is 0 Å². The van der Waals surface area contributed by atoms with Crippen LogP contribution in [0, 0.1) is 0 Å². The van der Waals surface area contributed by atoms with Gasteiger partial charge >= 0.3 is 0 Å². The van der Waals surface area contributed by atoms with Crippen molar-refractivity contribution in [2.75, 3.05) is 13.1 Å². The fourth-order valence-corrected chi connectivity index (χ4v) is 2.70. The number of aromatic nitrogens is 4. The number of hydrogen-bond acceptors (Lipinski definition) is 4. The largest absolute Gasteiger partial charge is 0.342 e. The first-order valence-corrected chi connectivity index (χ1v) is 6.80. The Morgan fingerprint density at radius 3 is 2.90 bits per heavy atom. The average molecular weight is 271 g/mol. The number of carbonyl (C=O) groups excluding carboxylic acids is 1. The third-order valence-corrected chi connectivity index (χ3v) is 3.71. The maximum absolute atomic E-state index is 11.6. The molecule has 1 aliphatic rings. The fourth-order valence-electron chi connectivity index (χ4n) is 2.70. The Labute approximate surface area is 117 Å². The van der Waals surface area contributed by atoms with E-state index < -0.39 is 0 Å². The molecule has 1 saturated heterocycles. The molecule has 3 heterocycles. The zero-order valence-electron chi connectivity index (χ0n) is 11.4. The van der Waals surface area contributed by atoms with Crippen LogP contribution in [0.3, 0.4) is 0 Å². The van der Waals surface area contributed by atoms with Crippen LogP contribution < -0.4 is 0 Å². The van der Waals surface area contributed by atoms with E-state index in [-0.39, 0.29) is 11.8 Å². The van der Waals surface area contributed by atoms with E-state index in [1.54, 1.807) is 31.8 Å². The maximum atomic E-state index is 11.6. The fraction of sp³-hybridized carbons (Fsp3) is 0.429. The summed E-state index contributed by atoms with van der Waals surface area (Å²) in [5, 5.41) is 0. The van der Waals surface area contributed by atoms with Crippen molar-refractivity contribution in [1.82, 2.24) is 24.4 Å². The van der Waals surface area contributed by atoms with Gasteiger partial charge < -0.3 is 4.90 Å². The smallest absolute Gasteiger partial charge is 0.219 e. The van der Waals surface area contributed by atoms with Crippen molar-refractivity contribution in [1.29, 1.82) is 0 Å². The molecule has 20 heavy (non-hydrogen) atoms. The minimum Gasteiger partial charge on any atom is -0.342 e. The summed E-state index contributed by atoms with van der Waals surface area (Å²) in [6.45, 7) is 3.18. The van der Waals surface area contributed by atoms with Crippen LogP contribution in [0.25, 0.3) is 5.82 Å². The average Bonchev–Trinajstić information content (AvgIpc) is 3.01. The van der Waals surface area contributed by atoms with Crippen molar-refractivity contribution in [2.45, 2.75) is 25.7 Å². The summed E-state index contributed by atoms with van der Waals surface area (Å²) in [5.74, 6) is 1.17. The zero-order chi connectivity index (χ0) is 13.9. The summed E-state index contributed by atoms with van der Waals surface area (Å²) in [6.07, 6.45) is 10.7. The quantitative estimate of drug-likeness (QED) is 0.828. The number of imidazole rings is 1. The van der Waals surface area contributed by atoms with E-state index >= 15 is 0 Å². The lowest BCUT2D eigenvalue weighted by Gasteiger charge is -2.32. The van der Waals surface area contributed by atoms with Gasteiger partial charge in [-0.15, -0.1) is 0 Å². The molecule has 0 aliphatic carbocycles. The van der Waals surface area contributed by atoms with Gasteiger partial charge in [0.05, 0.1) is 5.69 Å². The second kappa shape index (κ2) is 5.40. The third kappa shape index (κ3) is 2.41. The Morgan fingerprint density at radius 1 is 1.30 bits per heavy atom.